The van der Waals surface area contributed by atoms with Crippen molar-refractivity contribution in [2.75, 3.05) is 13.2 Å². The molecule has 33 heavy (non-hydrogen) atoms. The van der Waals surface area contributed by atoms with Gasteiger partial charge < -0.3 is 9.47 Å². The van der Waals surface area contributed by atoms with Crippen LogP contribution in [0, 0.1) is 0 Å². The second kappa shape index (κ2) is 22.8. The molecule has 0 heterocycles. The molecule has 1 unspecified atom stereocenters. The summed E-state index contributed by atoms with van der Waals surface area (Å²) in [5, 5.41) is 0. The van der Waals surface area contributed by atoms with Crippen molar-refractivity contribution in [1.82, 2.24) is 0 Å². The van der Waals surface area contributed by atoms with E-state index in [-0.39, 0.29) is 0 Å². The number of rotatable bonds is 24. The van der Waals surface area contributed by atoms with E-state index in [1.807, 2.05) is 0 Å². The van der Waals surface area contributed by atoms with Crippen molar-refractivity contribution in [2.45, 2.75) is 149 Å². The lowest BCUT2D eigenvalue weighted by Crippen LogP contribution is -2.09. The fraction of sp³-hybridized carbons (Fsp3) is 0.806. The monoisotopic (exact) mass is 460 g/mol. The first-order chi connectivity index (χ1) is 16.3. The molecule has 1 aromatic carbocycles. The minimum absolute atomic E-state index is 0.397. The van der Waals surface area contributed by atoms with E-state index in [4.69, 9.17) is 9.47 Å². The molecule has 0 fully saturated rings. The highest BCUT2D eigenvalue weighted by molar-refractivity contribution is 5.33. The highest BCUT2D eigenvalue weighted by atomic mass is 16.5. The van der Waals surface area contributed by atoms with Gasteiger partial charge in [0.15, 0.2) is 0 Å². The Balaban J connectivity index is 2.03. The molecule has 0 aliphatic heterocycles. The molecule has 0 amide bonds. The Morgan fingerprint density at radius 2 is 1.15 bits per heavy atom. The zero-order chi connectivity index (χ0) is 23.8. The molecule has 1 aromatic rings. The standard InChI is InChI=1S/C31H56O2/c1-4-6-8-10-12-13-14-18-24-30-25-19-20-26-31(30)33-28-22-16-17-23-29(3)32-27-21-15-11-9-7-5-2/h19-20,25-26,29H,4-18,21-24,27-28H2,1-3H3. The maximum absolute atomic E-state index is 6.16. The summed E-state index contributed by atoms with van der Waals surface area (Å²) in [5.74, 6) is 1.11. The topological polar surface area (TPSA) is 18.5 Å². The van der Waals surface area contributed by atoms with Crippen LogP contribution in [-0.2, 0) is 11.2 Å². The summed E-state index contributed by atoms with van der Waals surface area (Å²) in [6.07, 6.45) is 25.3. The van der Waals surface area contributed by atoms with Gasteiger partial charge in [0.05, 0.1) is 12.7 Å². The summed E-state index contributed by atoms with van der Waals surface area (Å²) in [6.45, 7) is 8.56. The number of para-hydroxylation sites is 1. The van der Waals surface area contributed by atoms with E-state index in [1.165, 1.54) is 115 Å². The van der Waals surface area contributed by atoms with Crippen molar-refractivity contribution in [3.8, 4) is 5.75 Å². The Labute approximate surface area is 207 Å². The van der Waals surface area contributed by atoms with Crippen molar-refractivity contribution in [1.29, 1.82) is 0 Å². The van der Waals surface area contributed by atoms with Gasteiger partial charge in [0.25, 0.3) is 0 Å². The molecule has 0 aromatic heterocycles. The van der Waals surface area contributed by atoms with Crippen molar-refractivity contribution in [3.63, 3.8) is 0 Å². The average Bonchev–Trinajstić information content (AvgIpc) is 2.83. The van der Waals surface area contributed by atoms with Crippen LogP contribution < -0.4 is 4.74 Å². The predicted octanol–water partition coefficient (Wildman–Crippen LogP) is 10.1. The SMILES string of the molecule is CCCCCCCCCCc1ccccc1OCCCCCC(C)OCCCCCCCC. The van der Waals surface area contributed by atoms with Crippen LogP contribution in [0.1, 0.15) is 142 Å². The molecular weight excluding hydrogens is 404 g/mol. The van der Waals surface area contributed by atoms with Gasteiger partial charge in [-0.1, -0.05) is 116 Å². The van der Waals surface area contributed by atoms with Crippen molar-refractivity contribution < 1.29 is 9.47 Å². The van der Waals surface area contributed by atoms with Crippen molar-refractivity contribution in [2.24, 2.45) is 0 Å². The van der Waals surface area contributed by atoms with Crippen LogP contribution in [-0.4, -0.2) is 19.3 Å². The Hall–Kier alpha value is -1.02. The van der Waals surface area contributed by atoms with Crippen LogP contribution in [0.5, 0.6) is 5.75 Å². The number of unbranched alkanes of at least 4 members (excludes halogenated alkanes) is 14. The fourth-order valence-electron chi connectivity index (χ4n) is 4.44. The molecule has 0 radical (unpaired) electrons. The molecule has 0 bridgehead atoms. The van der Waals surface area contributed by atoms with E-state index in [1.54, 1.807) is 0 Å². The first-order valence-corrected chi connectivity index (χ1v) is 14.6. The van der Waals surface area contributed by atoms with Crippen LogP contribution in [0.25, 0.3) is 0 Å². The summed E-state index contributed by atoms with van der Waals surface area (Å²) in [5.41, 5.74) is 1.39. The van der Waals surface area contributed by atoms with E-state index in [2.05, 4.69) is 45.0 Å². The number of hydrogen-bond acceptors (Lipinski definition) is 2. The van der Waals surface area contributed by atoms with E-state index in [9.17, 15) is 0 Å². The van der Waals surface area contributed by atoms with Gasteiger partial charge in [0.2, 0.25) is 0 Å². The Bertz CT molecular complexity index is 527. The fourth-order valence-corrected chi connectivity index (χ4v) is 4.44. The molecule has 192 valence electrons. The highest BCUT2D eigenvalue weighted by Crippen LogP contribution is 2.21. The van der Waals surface area contributed by atoms with E-state index >= 15 is 0 Å². The molecular formula is C31H56O2. The molecule has 0 N–H and O–H groups in total. The minimum atomic E-state index is 0.397. The van der Waals surface area contributed by atoms with E-state index in [0.29, 0.717) is 6.10 Å². The normalized spacial score (nSPS) is 12.2. The quantitative estimate of drug-likeness (QED) is 0.143. The predicted molar refractivity (Wildman–Crippen MR) is 146 cm³/mol. The third-order valence-electron chi connectivity index (χ3n) is 6.69. The molecule has 2 heteroatoms. The average molecular weight is 461 g/mol. The summed E-state index contributed by atoms with van der Waals surface area (Å²) < 4.78 is 12.1. The second-order valence-electron chi connectivity index (χ2n) is 9.98. The molecule has 0 saturated carbocycles. The van der Waals surface area contributed by atoms with Crippen LogP contribution >= 0.6 is 0 Å². The maximum atomic E-state index is 6.16. The number of benzene rings is 1. The first-order valence-electron chi connectivity index (χ1n) is 14.6. The van der Waals surface area contributed by atoms with Gasteiger partial charge in [0, 0.05) is 6.61 Å². The lowest BCUT2D eigenvalue weighted by atomic mass is 10.0. The second-order valence-corrected chi connectivity index (χ2v) is 9.98. The van der Waals surface area contributed by atoms with Crippen LogP contribution in [0.2, 0.25) is 0 Å². The lowest BCUT2D eigenvalue weighted by Gasteiger charge is -2.14. The summed E-state index contributed by atoms with van der Waals surface area (Å²) >= 11 is 0. The Kier molecular flexibility index (Phi) is 20.7. The summed E-state index contributed by atoms with van der Waals surface area (Å²) in [4.78, 5) is 0. The van der Waals surface area contributed by atoms with Crippen molar-refractivity contribution in [3.05, 3.63) is 29.8 Å². The largest absolute Gasteiger partial charge is 0.493 e. The van der Waals surface area contributed by atoms with E-state index < -0.39 is 0 Å². The maximum Gasteiger partial charge on any atom is 0.122 e. The zero-order valence-corrected chi connectivity index (χ0v) is 22.6. The molecule has 0 saturated heterocycles. The molecule has 1 atom stereocenters. The van der Waals surface area contributed by atoms with Crippen LogP contribution in [0.3, 0.4) is 0 Å². The van der Waals surface area contributed by atoms with Gasteiger partial charge in [-0.25, -0.2) is 0 Å². The highest BCUT2D eigenvalue weighted by Gasteiger charge is 2.05. The van der Waals surface area contributed by atoms with Crippen LogP contribution in [0.4, 0.5) is 0 Å². The smallest absolute Gasteiger partial charge is 0.122 e. The number of aryl methyl sites for hydroxylation is 1. The summed E-state index contributed by atoms with van der Waals surface area (Å²) in [7, 11) is 0. The number of ether oxygens (including phenoxy) is 2. The van der Waals surface area contributed by atoms with Gasteiger partial charge in [-0.05, 0) is 57.1 Å². The molecule has 2 nitrogen and oxygen atoms in total. The molecule has 0 aliphatic rings. The minimum Gasteiger partial charge on any atom is -0.493 e. The Morgan fingerprint density at radius 3 is 1.85 bits per heavy atom. The zero-order valence-electron chi connectivity index (χ0n) is 22.6. The first kappa shape index (κ1) is 30.0. The molecule has 0 aliphatic carbocycles. The summed E-state index contributed by atoms with van der Waals surface area (Å²) in [6, 6.07) is 8.66. The lowest BCUT2D eigenvalue weighted by molar-refractivity contribution is 0.0555. The molecule has 1 rings (SSSR count). The van der Waals surface area contributed by atoms with Crippen molar-refractivity contribution >= 4 is 0 Å². The third kappa shape index (κ3) is 18.0. The van der Waals surface area contributed by atoms with Gasteiger partial charge in [-0.3, -0.25) is 0 Å². The third-order valence-corrected chi connectivity index (χ3v) is 6.69. The van der Waals surface area contributed by atoms with E-state index in [0.717, 1.165) is 31.8 Å². The van der Waals surface area contributed by atoms with Crippen LogP contribution in [0.15, 0.2) is 24.3 Å². The van der Waals surface area contributed by atoms with Gasteiger partial charge in [-0.15, -0.1) is 0 Å². The van der Waals surface area contributed by atoms with Gasteiger partial charge >= 0.3 is 0 Å². The molecule has 0 spiro atoms. The van der Waals surface area contributed by atoms with Gasteiger partial charge in [0.1, 0.15) is 5.75 Å². The van der Waals surface area contributed by atoms with Gasteiger partial charge in [-0.2, -0.15) is 0 Å². The number of hydrogen-bond donors (Lipinski definition) is 0. The Morgan fingerprint density at radius 1 is 0.606 bits per heavy atom.